The first-order valence-electron chi connectivity index (χ1n) is 6.27. The van der Waals surface area contributed by atoms with E-state index in [-0.39, 0.29) is 24.0 Å². The highest BCUT2D eigenvalue weighted by Gasteiger charge is 2.24. The summed E-state index contributed by atoms with van der Waals surface area (Å²) in [6, 6.07) is 0.118. The van der Waals surface area contributed by atoms with Crippen LogP contribution in [0.5, 0.6) is 0 Å². The van der Waals surface area contributed by atoms with Gasteiger partial charge in [-0.05, 0) is 18.9 Å². The average Bonchev–Trinajstić information content (AvgIpc) is 2.28. The van der Waals surface area contributed by atoms with Crippen molar-refractivity contribution in [2.45, 2.75) is 25.8 Å². The third-order valence-corrected chi connectivity index (χ3v) is 5.11. The van der Waals surface area contributed by atoms with Gasteiger partial charge in [0.2, 0.25) is 5.91 Å². The smallest absolute Gasteiger partial charge is 0.218 e. The summed E-state index contributed by atoms with van der Waals surface area (Å²) in [5, 5.41) is 0. The summed E-state index contributed by atoms with van der Waals surface area (Å²) < 4.78 is 23.3. The summed E-state index contributed by atoms with van der Waals surface area (Å²) in [6.07, 6.45) is 0.904. The van der Waals surface area contributed by atoms with Crippen LogP contribution in [0.1, 0.15) is 19.8 Å². The van der Waals surface area contributed by atoms with E-state index in [2.05, 4.69) is 11.8 Å². The number of carbonyl (C=O) groups is 1. The number of hydrogen-bond acceptors (Lipinski definition) is 5. The van der Waals surface area contributed by atoms with E-state index in [0.717, 1.165) is 19.5 Å². The molecule has 106 valence electrons. The van der Waals surface area contributed by atoms with Gasteiger partial charge in [0.05, 0.1) is 11.5 Å². The largest absolute Gasteiger partial charge is 0.370 e. The molecule has 4 N–H and O–H groups in total. The van der Waals surface area contributed by atoms with E-state index in [1.165, 1.54) is 0 Å². The molecule has 2 unspecified atom stereocenters. The molecule has 1 aliphatic heterocycles. The maximum atomic E-state index is 11.7. The minimum atomic E-state index is -3.19. The van der Waals surface area contributed by atoms with Crippen molar-refractivity contribution in [3.63, 3.8) is 0 Å². The Morgan fingerprint density at radius 3 is 2.61 bits per heavy atom. The van der Waals surface area contributed by atoms with Crippen LogP contribution in [-0.4, -0.2) is 56.4 Å². The number of hydrogen-bond donors (Lipinski definition) is 2. The van der Waals surface area contributed by atoms with E-state index in [0.29, 0.717) is 12.5 Å². The zero-order chi connectivity index (χ0) is 13.8. The summed E-state index contributed by atoms with van der Waals surface area (Å²) >= 11 is 0. The van der Waals surface area contributed by atoms with Crippen LogP contribution < -0.4 is 11.5 Å². The highest BCUT2D eigenvalue weighted by Crippen LogP contribution is 2.15. The molecule has 0 spiro atoms. The molecular formula is C11H23N3O3S. The lowest BCUT2D eigenvalue weighted by Gasteiger charge is -2.34. The van der Waals surface area contributed by atoms with Crippen molar-refractivity contribution in [1.82, 2.24) is 4.90 Å². The maximum absolute atomic E-state index is 11.7. The number of likely N-dealkylation sites (tertiary alicyclic amines) is 1. The molecule has 1 heterocycles. The molecule has 0 radical (unpaired) electrons. The first kappa shape index (κ1) is 15.4. The molecule has 1 amide bonds. The Labute approximate surface area is 109 Å². The highest BCUT2D eigenvalue weighted by atomic mass is 32.2. The molecule has 18 heavy (non-hydrogen) atoms. The summed E-state index contributed by atoms with van der Waals surface area (Å²) in [7, 11) is -3.19. The third-order valence-electron chi connectivity index (χ3n) is 3.48. The zero-order valence-electron chi connectivity index (χ0n) is 10.8. The van der Waals surface area contributed by atoms with Crippen molar-refractivity contribution in [1.29, 1.82) is 0 Å². The lowest BCUT2D eigenvalue weighted by atomic mass is 9.94. The summed E-state index contributed by atoms with van der Waals surface area (Å²) in [5.41, 5.74) is 10.9. The highest BCUT2D eigenvalue weighted by molar-refractivity contribution is 7.91. The maximum Gasteiger partial charge on any atom is 0.218 e. The second kappa shape index (κ2) is 6.49. The molecule has 2 atom stereocenters. The average molecular weight is 277 g/mol. The molecule has 1 saturated heterocycles. The molecule has 0 bridgehead atoms. The van der Waals surface area contributed by atoms with E-state index >= 15 is 0 Å². The van der Waals surface area contributed by atoms with Gasteiger partial charge in [-0.15, -0.1) is 0 Å². The number of nitrogens with two attached hydrogens (primary N) is 2. The van der Waals surface area contributed by atoms with Crippen molar-refractivity contribution in [3.8, 4) is 0 Å². The molecule has 1 aliphatic rings. The molecule has 6 nitrogen and oxygen atoms in total. The molecule has 0 saturated carbocycles. The van der Waals surface area contributed by atoms with E-state index in [1.54, 1.807) is 0 Å². The quantitative estimate of drug-likeness (QED) is 0.644. The molecule has 0 aromatic rings. The van der Waals surface area contributed by atoms with Gasteiger partial charge < -0.3 is 16.4 Å². The van der Waals surface area contributed by atoms with Crippen LogP contribution in [0.2, 0.25) is 0 Å². The Morgan fingerprint density at radius 2 is 2.06 bits per heavy atom. The minimum Gasteiger partial charge on any atom is -0.370 e. The van der Waals surface area contributed by atoms with E-state index in [1.807, 2.05) is 0 Å². The lowest BCUT2D eigenvalue weighted by molar-refractivity contribution is -0.117. The first-order valence-corrected chi connectivity index (χ1v) is 8.09. The second-order valence-corrected chi connectivity index (χ2v) is 7.40. The standard InChI is InChI=1S/C11H23N3O3S/c1-9-2-4-14(8-10(9)12)5-7-18(16,17)6-3-11(13)15/h9-10H,2-8,12H2,1H3,(H2,13,15). The van der Waals surface area contributed by atoms with Crippen molar-refractivity contribution in [2.75, 3.05) is 31.1 Å². The number of sulfone groups is 1. The van der Waals surface area contributed by atoms with Gasteiger partial charge in [-0.25, -0.2) is 8.42 Å². The van der Waals surface area contributed by atoms with Crippen LogP contribution >= 0.6 is 0 Å². The normalized spacial score (nSPS) is 26.1. The number of piperidine rings is 1. The predicted molar refractivity (Wildman–Crippen MR) is 70.7 cm³/mol. The fourth-order valence-corrected chi connectivity index (χ4v) is 3.25. The fourth-order valence-electron chi connectivity index (χ4n) is 2.00. The van der Waals surface area contributed by atoms with Gasteiger partial charge in [0.25, 0.3) is 0 Å². The van der Waals surface area contributed by atoms with Gasteiger partial charge in [0.15, 0.2) is 9.84 Å². The number of carbonyl (C=O) groups excluding carboxylic acids is 1. The summed E-state index contributed by atoms with van der Waals surface area (Å²) in [6.45, 7) is 4.24. The molecule has 0 aromatic carbocycles. The summed E-state index contributed by atoms with van der Waals surface area (Å²) in [4.78, 5) is 12.6. The Balaban J connectivity index is 2.34. The Morgan fingerprint density at radius 1 is 1.39 bits per heavy atom. The Hall–Kier alpha value is -0.660. The van der Waals surface area contributed by atoms with Crippen LogP contribution in [0.3, 0.4) is 0 Å². The number of amides is 1. The minimum absolute atomic E-state index is 0.0708. The molecule has 0 aromatic heterocycles. The number of rotatable bonds is 6. The van der Waals surface area contributed by atoms with Crippen LogP contribution in [0.4, 0.5) is 0 Å². The zero-order valence-corrected chi connectivity index (χ0v) is 11.7. The third kappa shape index (κ3) is 5.32. The van der Waals surface area contributed by atoms with Crippen LogP contribution in [0.25, 0.3) is 0 Å². The predicted octanol–water partition coefficient (Wildman–Crippen LogP) is -1.05. The van der Waals surface area contributed by atoms with E-state index in [9.17, 15) is 13.2 Å². The van der Waals surface area contributed by atoms with Crippen LogP contribution in [-0.2, 0) is 14.6 Å². The monoisotopic (exact) mass is 277 g/mol. The number of nitrogens with zero attached hydrogens (tertiary/aromatic N) is 1. The van der Waals surface area contributed by atoms with Gasteiger partial charge in [-0.2, -0.15) is 0 Å². The Bertz CT molecular complexity index is 383. The van der Waals surface area contributed by atoms with Crippen LogP contribution in [0, 0.1) is 5.92 Å². The van der Waals surface area contributed by atoms with Gasteiger partial charge >= 0.3 is 0 Å². The van der Waals surface area contributed by atoms with Gasteiger partial charge in [-0.3, -0.25) is 4.79 Å². The van der Waals surface area contributed by atoms with E-state index in [4.69, 9.17) is 11.5 Å². The van der Waals surface area contributed by atoms with Crippen molar-refractivity contribution < 1.29 is 13.2 Å². The summed E-state index contributed by atoms with van der Waals surface area (Å²) in [5.74, 6) is -0.167. The SMILES string of the molecule is CC1CCN(CCS(=O)(=O)CCC(N)=O)CC1N. The molecule has 1 rings (SSSR count). The van der Waals surface area contributed by atoms with Crippen molar-refractivity contribution in [2.24, 2.45) is 17.4 Å². The molecular weight excluding hydrogens is 254 g/mol. The van der Waals surface area contributed by atoms with Gasteiger partial charge in [0, 0.05) is 25.6 Å². The van der Waals surface area contributed by atoms with Gasteiger partial charge in [0.1, 0.15) is 0 Å². The first-order chi connectivity index (χ1) is 8.30. The van der Waals surface area contributed by atoms with Crippen LogP contribution in [0.15, 0.2) is 0 Å². The van der Waals surface area contributed by atoms with Gasteiger partial charge in [-0.1, -0.05) is 6.92 Å². The topological polar surface area (TPSA) is 106 Å². The lowest BCUT2D eigenvalue weighted by Crippen LogP contribution is -2.48. The van der Waals surface area contributed by atoms with E-state index < -0.39 is 15.7 Å². The molecule has 7 heteroatoms. The molecule has 1 fully saturated rings. The fraction of sp³-hybridized carbons (Fsp3) is 0.909. The van der Waals surface area contributed by atoms with Crippen molar-refractivity contribution >= 4 is 15.7 Å². The number of primary amides is 1. The second-order valence-electron chi connectivity index (χ2n) is 5.10. The molecule has 0 aliphatic carbocycles. The van der Waals surface area contributed by atoms with Crippen molar-refractivity contribution in [3.05, 3.63) is 0 Å². The Kier molecular flexibility index (Phi) is 5.55.